The van der Waals surface area contributed by atoms with Crippen LogP contribution >= 0.6 is 0 Å². The van der Waals surface area contributed by atoms with E-state index in [0.29, 0.717) is 28.8 Å². The molecule has 2 aliphatic heterocycles. The molecule has 5 rings (SSSR count). The lowest BCUT2D eigenvalue weighted by Crippen LogP contribution is -2.44. The third-order valence-corrected chi connectivity index (χ3v) is 7.21. The first-order valence-corrected chi connectivity index (χ1v) is 13.4. The maximum absolute atomic E-state index is 14.6. The van der Waals surface area contributed by atoms with Crippen LogP contribution in [0.3, 0.4) is 0 Å². The number of nitrogens with two attached hydrogens (primary N) is 1. The Hall–Kier alpha value is -5.40. The molecule has 1 aromatic heterocycles. The summed E-state index contributed by atoms with van der Waals surface area (Å²) >= 11 is 0. The highest BCUT2D eigenvalue weighted by molar-refractivity contribution is 6.05. The van der Waals surface area contributed by atoms with Crippen molar-refractivity contribution in [2.75, 3.05) is 29.9 Å². The number of hydrogen-bond acceptors (Lipinski definition) is 8. The summed E-state index contributed by atoms with van der Waals surface area (Å²) < 4.78 is 21.0. The van der Waals surface area contributed by atoms with Crippen molar-refractivity contribution < 1.29 is 28.3 Å². The van der Waals surface area contributed by atoms with Crippen LogP contribution in [0.4, 0.5) is 20.6 Å². The zero-order chi connectivity index (χ0) is 30.7. The largest absolute Gasteiger partial charge is 0.447 e. The SMILES string of the molecule is C=C/N=N\C=C(/C)c1ccc2c(c1)c(C(N)=O)nn2CC(=O)N1CC(F)CC1C(=O)Nc1ccccc1N1CCOC1=O. The molecule has 0 aliphatic carbocycles. The van der Waals surface area contributed by atoms with Crippen molar-refractivity contribution in [3.8, 4) is 0 Å². The second-order valence-electron chi connectivity index (χ2n) is 10.00. The number of hydrogen-bond donors (Lipinski definition) is 2. The highest BCUT2D eigenvalue weighted by Crippen LogP contribution is 2.30. The molecule has 2 atom stereocenters. The summed E-state index contributed by atoms with van der Waals surface area (Å²) in [4.78, 5) is 53.7. The maximum Gasteiger partial charge on any atom is 0.414 e. The van der Waals surface area contributed by atoms with Crippen LogP contribution in [-0.2, 0) is 20.9 Å². The third kappa shape index (κ3) is 5.98. The van der Waals surface area contributed by atoms with E-state index in [0.717, 1.165) is 16.0 Å². The molecular weight excluding hydrogens is 559 g/mol. The van der Waals surface area contributed by atoms with E-state index >= 15 is 0 Å². The van der Waals surface area contributed by atoms with Crippen molar-refractivity contribution in [2.45, 2.75) is 32.1 Å². The maximum atomic E-state index is 14.6. The zero-order valence-corrected chi connectivity index (χ0v) is 23.3. The minimum Gasteiger partial charge on any atom is -0.447 e. The highest BCUT2D eigenvalue weighted by Gasteiger charge is 2.40. The first-order chi connectivity index (χ1) is 20.7. The highest BCUT2D eigenvalue weighted by atomic mass is 19.1. The molecule has 0 radical (unpaired) electrons. The Labute approximate surface area is 245 Å². The second-order valence-corrected chi connectivity index (χ2v) is 10.00. The number of carbonyl (C=O) groups is 4. The smallest absolute Gasteiger partial charge is 0.414 e. The van der Waals surface area contributed by atoms with Crippen LogP contribution in [-0.4, -0.2) is 70.4 Å². The number of anilines is 2. The number of para-hydroxylation sites is 2. The Morgan fingerprint density at radius 1 is 1.23 bits per heavy atom. The summed E-state index contributed by atoms with van der Waals surface area (Å²) in [6.45, 7) is 5.16. The van der Waals surface area contributed by atoms with Crippen molar-refractivity contribution in [3.05, 3.63) is 72.7 Å². The van der Waals surface area contributed by atoms with Crippen molar-refractivity contribution >= 4 is 51.7 Å². The van der Waals surface area contributed by atoms with E-state index in [-0.39, 0.29) is 31.8 Å². The summed E-state index contributed by atoms with van der Waals surface area (Å²) in [5.74, 6) is -1.96. The number of benzene rings is 2. The van der Waals surface area contributed by atoms with E-state index in [9.17, 15) is 23.6 Å². The van der Waals surface area contributed by atoms with Gasteiger partial charge in [-0.05, 0) is 42.3 Å². The fourth-order valence-corrected chi connectivity index (χ4v) is 5.14. The van der Waals surface area contributed by atoms with Gasteiger partial charge in [0.25, 0.3) is 5.91 Å². The summed E-state index contributed by atoms with van der Waals surface area (Å²) in [6.07, 6.45) is 0.665. The second kappa shape index (κ2) is 12.2. The Bertz CT molecular complexity index is 1680. The molecule has 14 heteroatoms. The lowest BCUT2D eigenvalue weighted by molar-refractivity contribution is -0.137. The van der Waals surface area contributed by atoms with Gasteiger partial charge in [0, 0.05) is 18.0 Å². The number of nitrogens with one attached hydrogen (secondary N) is 1. The number of halogens is 1. The molecule has 3 heterocycles. The summed E-state index contributed by atoms with van der Waals surface area (Å²) in [7, 11) is 0. The molecule has 3 aromatic rings. The average Bonchev–Trinajstić information content (AvgIpc) is 3.70. The minimum absolute atomic E-state index is 0.0405. The van der Waals surface area contributed by atoms with Crippen molar-refractivity contribution in [1.82, 2.24) is 14.7 Å². The molecule has 2 unspecified atom stereocenters. The third-order valence-electron chi connectivity index (χ3n) is 7.21. The lowest BCUT2D eigenvalue weighted by atomic mass is 10.0. The quantitative estimate of drug-likeness (QED) is 0.363. The van der Waals surface area contributed by atoms with E-state index in [2.05, 4.69) is 27.2 Å². The number of ether oxygens (including phenoxy) is 1. The zero-order valence-electron chi connectivity index (χ0n) is 23.3. The Kier molecular flexibility index (Phi) is 8.27. The molecule has 0 spiro atoms. The number of amides is 4. The number of carbonyl (C=O) groups excluding carboxylic acids is 4. The molecule has 222 valence electrons. The number of aromatic nitrogens is 2. The molecule has 43 heavy (non-hydrogen) atoms. The molecule has 0 bridgehead atoms. The van der Waals surface area contributed by atoms with Gasteiger partial charge in [0.15, 0.2) is 5.69 Å². The van der Waals surface area contributed by atoms with Crippen molar-refractivity contribution in [2.24, 2.45) is 16.0 Å². The predicted molar refractivity (Wildman–Crippen MR) is 156 cm³/mol. The Morgan fingerprint density at radius 2 is 2.02 bits per heavy atom. The van der Waals surface area contributed by atoms with Crippen LogP contribution in [0.25, 0.3) is 16.5 Å². The number of likely N-dealkylation sites (tertiary alicyclic amines) is 1. The molecule has 2 saturated heterocycles. The molecule has 2 aromatic carbocycles. The van der Waals surface area contributed by atoms with Gasteiger partial charge in [0.2, 0.25) is 11.8 Å². The molecule has 13 nitrogen and oxygen atoms in total. The lowest BCUT2D eigenvalue weighted by Gasteiger charge is -2.25. The van der Waals surface area contributed by atoms with Crippen LogP contribution in [0.2, 0.25) is 0 Å². The number of alkyl halides is 1. The number of rotatable bonds is 9. The molecular formula is C29H29FN8O5. The first kappa shape index (κ1) is 29.1. The van der Waals surface area contributed by atoms with E-state index in [4.69, 9.17) is 10.5 Å². The Balaban J connectivity index is 1.38. The number of allylic oxidation sites excluding steroid dienone is 1. The van der Waals surface area contributed by atoms with E-state index in [1.165, 1.54) is 22.0 Å². The number of primary amides is 1. The number of fused-ring (bicyclic) bond motifs is 1. The molecule has 4 amide bonds. The standard InChI is InChI=1S/C29H29FN8O5/c1-3-32-33-14-17(2)18-8-9-22-20(12-18)26(27(31)40)35-38(22)16-25(39)37-15-19(30)13-24(37)28(41)34-21-6-4-5-7-23(21)36-10-11-43-29(36)42/h3-9,12,14,19,24H,1,10-11,13,15-16H2,2H3,(H2,31,40)(H,34,41)/b17-14+,33-32-. The van der Waals surface area contributed by atoms with E-state index in [1.54, 1.807) is 42.5 Å². The van der Waals surface area contributed by atoms with Gasteiger partial charge in [-0.2, -0.15) is 15.3 Å². The molecule has 2 aliphatic rings. The van der Waals surface area contributed by atoms with Gasteiger partial charge in [0.1, 0.15) is 25.4 Å². The van der Waals surface area contributed by atoms with Gasteiger partial charge in [-0.25, -0.2) is 9.18 Å². The summed E-state index contributed by atoms with van der Waals surface area (Å²) in [6, 6.07) is 10.7. The fourth-order valence-electron chi connectivity index (χ4n) is 5.14. The predicted octanol–water partition coefficient (Wildman–Crippen LogP) is 3.63. The molecule has 3 N–H and O–H groups in total. The van der Waals surface area contributed by atoms with Crippen LogP contribution in [0.15, 0.2) is 71.7 Å². The van der Waals surface area contributed by atoms with Crippen LogP contribution in [0, 0.1) is 0 Å². The normalized spacial score (nSPS) is 18.8. The van der Waals surface area contributed by atoms with E-state index < -0.39 is 36.0 Å². The van der Waals surface area contributed by atoms with Crippen molar-refractivity contribution in [1.29, 1.82) is 0 Å². The van der Waals surface area contributed by atoms with Gasteiger partial charge >= 0.3 is 6.09 Å². The number of azo groups is 1. The van der Waals surface area contributed by atoms with Gasteiger partial charge in [-0.1, -0.05) is 24.8 Å². The fraction of sp³-hybridized carbons (Fsp3) is 0.276. The minimum atomic E-state index is -1.42. The summed E-state index contributed by atoms with van der Waals surface area (Å²) in [5.41, 5.74) is 8.23. The van der Waals surface area contributed by atoms with Crippen molar-refractivity contribution in [3.63, 3.8) is 0 Å². The number of nitrogens with zero attached hydrogens (tertiary/aromatic N) is 6. The molecule has 2 fully saturated rings. The van der Waals surface area contributed by atoms with Crippen LogP contribution in [0.5, 0.6) is 0 Å². The van der Waals surface area contributed by atoms with Gasteiger partial charge < -0.3 is 20.7 Å². The van der Waals surface area contributed by atoms with Gasteiger partial charge in [0.05, 0.1) is 36.2 Å². The number of cyclic esters (lactones) is 1. The topological polar surface area (TPSA) is 165 Å². The first-order valence-electron chi connectivity index (χ1n) is 13.4. The molecule has 0 saturated carbocycles. The Morgan fingerprint density at radius 3 is 2.74 bits per heavy atom. The van der Waals surface area contributed by atoms with Crippen LogP contribution in [0.1, 0.15) is 29.4 Å². The van der Waals surface area contributed by atoms with E-state index in [1.807, 2.05) is 6.92 Å². The van der Waals surface area contributed by atoms with Gasteiger partial charge in [-0.3, -0.25) is 24.0 Å². The average molecular weight is 589 g/mol. The van der Waals surface area contributed by atoms with Gasteiger partial charge in [-0.15, -0.1) is 0 Å². The monoisotopic (exact) mass is 588 g/mol. The van der Waals surface area contributed by atoms with Crippen LogP contribution < -0.4 is 16.0 Å². The summed E-state index contributed by atoms with van der Waals surface area (Å²) in [5, 5.41) is 15.0.